The van der Waals surface area contributed by atoms with E-state index >= 15 is 0 Å². The van der Waals surface area contributed by atoms with Crippen molar-refractivity contribution >= 4 is 11.8 Å². The third kappa shape index (κ3) is 3.33. The van der Waals surface area contributed by atoms with Crippen LogP contribution in [-0.2, 0) is 9.59 Å². The molecule has 1 saturated heterocycles. The molecule has 2 saturated carbocycles. The normalized spacial score (nSPS) is 25.5. The first kappa shape index (κ1) is 13.9. The molecule has 4 nitrogen and oxygen atoms in total. The van der Waals surface area contributed by atoms with Crippen molar-refractivity contribution in [3.05, 3.63) is 0 Å². The average Bonchev–Trinajstić information content (AvgIpc) is 3.32. The Morgan fingerprint density at radius 2 is 1.45 bits per heavy atom. The molecule has 0 aromatic rings. The second-order valence-corrected chi connectivity index (χ2v) is 6.72. The Labute approximate surface area is 121 Å². The summed E-state index contributed by atoms with van der Waals surface area (Å²) >= 11 is 0. The van der Waals surface area contributed by atoms with Gasteiger partial charge in [-0.25, -0.2) is 0 Å². The largest absolute Gasteiger partial charge is 0.353 e. The first-order valence-corrected chi connectivity index (χ1v) is 8.33. The number of hydrogen-bond acceptors (Lipinski definition) is 2. The highest BCUT2D eigenvalue weighted by atomic mass is 16.2. The molecule has 0 unspecified atom stereocenters. The van der Waals surface area contributed by atoms with Gasteiger partial charge in [0.1, 0.15) is 0 Å². The Morgan fingerprint density at radius 1 is 0.800 bits per heavy atom. The summed E-state index contributed by atoms with van der Waals surface area (Å²) in [6, 6.07) is 0.405. The molecule has 0 aromatic heterocycles. The number of carbonyl (C=O) groups excluding carboxylic acids is 2. The van der Waals surface area contributed by atoms with Crippen LogP contribution in [0.5, 0.6) is 0 Å². The Morgan fingerprint density at radius 3 is 2.05 bits per heavy atom. The van der Waals surface area contributed by atoms with Gasteiger partial charge in [-0.3, -0.25) is 9.59 Å². The van der Waals surface area contributed by atoms with E-state index in [9.17, 15) is 9.59 Å². The molecule has 112 valence electrons. The topological polar surface area (TPSA) is 49.4 Å². The van der Waals surface area contributed by atoms with Crippen LogP contribution in [-0.4, -0.2) is 35.8 Å². The maximum Gasteiger partial charge on any atom is 0.225 e. The number of amides is 2. The van der Waals surface area contributed by atoms with E-state index in [1.165, 1.54) is 19.3 Å². The smallest absolute Gasteiger partial charge is 0.225 e. The lowest BCUT2D eigenvalue weighted by atomic mass is 9.92. The molecule has 0 aromatic carbocycles. The molecule has 3 rings (SSSR count). The molecule has 1 N–H and O–H groups in total. The van der Waals surface area contributed by atoms with E-state index in [-0.39, 0.29) is 11.8 Å². The van der Waals surface area contributed by atoms with Gasteiger partial charge in [-0.15, -0.1) is 0 Å². The van der Waals surface area contributed by atoms with Crippen LogP contribution in [0, 0.1) is 11.8 Å². The van der Waals surface area contributed by atoms with E-state index in [1.54, 1.807) is 0 Å². The lowest BCUT2D eigenvalue weighted by Gasteiger charge is -2.33. The van der Waals surface area contributed by atoms with Gasteiger partial charge in [0.2, 0.25) is 11.8 Å². The van der Waals surface area contributed by atoms with Crippen LogP contribution in [0.4, 0.5) is 0 Å². The van der Waals surface area contributed by atoms with E-state index in [1.807, 2.05) is 4.90 Å². The van der Waals surface area contributed by atoms with Crippen molar-refractivity contribution in [2.45, 2.75) is 63.8 Å². The standard InChI is InChI=1S/C16H26N2O2/c19-15(17-14-4-2-1-3-5-14)12-8-10-18(11-9-12)16(20)13-6-7-13/h12-14H,1-11H2,(H,17,19). The fraction of sp³-hybridized carbons (Fsp3) is 0.875. The van der Waals surface area contributed by atoms with Gasteiger partial charge in [0.15, 0.2) is 0 Å². The zero-order chi connectivity index (χ0) is 13.9. The predicted molar refractivity (Wildman–Crippen MR) is 77.0 cm³/mol. The zero-order valence-corrected chi connectivity index (χ0v) is 12.3. The van der Waals surface area contributed by atoms with Crippen molar-refractivity contribution in [1.29, 1.82) is 0 Å². The van der Waals surface area contributed by atoms with Crippen molar-refractivity contribution in [2.24, 2.45) is 11.8 Å². The fourth-order valence-electron chi connectivity index (χ4n) is 3.52. The minimum absolute atomic E-state index is 0.125. The number of nitrogens with one attached hydrogen (secondary N) is 1. The van der Waals surface area contributed by atoms with Crippen LogP contribution in [0.15, 0.2) is 0 Å². The van der Waals surface area contributed by atoms with Crippen LogP contribution >= 0.6 is 0 Å². The Kier molecular flexibility index (Phi) is 4.27. The minimum atomic E-state index is 0.125. The Bertz CT molecular complexity index is 365. The lowest BCUT2D eigenvalue weighted by Crippen LogP contribution is -2.46. The summed E-state index contributed by atoms with van der Waals surface area (Å²) in [6.45, 7) is 1.55. The first-order valence-electron chi connectivity index (χ1n) is 8.33. The second-order valence-electron chi connectivity index (χ2n) is 6.72. The van der Waals surface area contributed by atoms with Crippen LogP contribution in [0.2, 0.25) is 0 Å². The maximum atomic E-state index is 12.3. The molecule has 1 aliphatic heterocycles. The molecule has 3 aliphatic rings. The van der Waals surface area contributed by atoms with E-state index in [2.05, 4.69) is 5.32 Å². The summed E-state index contributed by atoms with van der Waals surface area (Å²) in [5.41, 5.74) is 0. The van der Waals surface area contributed by atoms with Gasteiger partial charge >= 0.3 is 0 Å². The highest BCUT2D eigenvalue weighted by molar-refractivity contribution is 5.82. The van der Waals surface area contributed by atoms with E-state index in [0.29, 0.717) is 17.9 Å². The van der Waals surface area contributed by atoms with E-state index < -0.39 is 0 Å². The van der Waals surface area contributed by atoms with Crippen molar-refractivity contribution in [3.8, 4) is 0 Å². The monoisotopic (exact) mass is 278 g/mol. The number of piperidine rings is 1. The average molecular weight is 278 g/mol. The highest BCUT2D eigenvalue weighted by Crippen LogP contribution is 2.32. The maximum absolute atomic E-state index is 12.3. The van der Waals surface area contributed by atoms with Gasteiger partial charge in [0.25, 0.3) is 0 Å². The molecule has 1 heterocycles. The quantitative estimate of drug-likeness (QED) is 0.859. The number of nitrogens with zero attached hydrogens (tertiary/aromatic N) is 1. The summed E-state index contributed by atoms with van der Waals surface area (Å²) in [4.78, 5) is 26.2. The van der Waals surface area contributed by atoms with Gasteiger partial charge < -0.3 is 10.2 Å². The molecule has 0 bridgehead atoms. The molecule has 0 atom stereocenters. The third-order valence-corrected chi connectivity index (χ3v) is 5.06. The molecule has 20 heavy (non-hydrogen) atoms. The fourth-order valence-corrected chi connectivity index (χ4v) is 3.52. The van der Waals surface area contributed by atoms with Gasteiger partial charge in [0, 0.05) is 31.0 Å². The van der Waals surface area contributed by atoms with Gasteiger partial charge in [-0.05, 0) is 38.5 Å². The molecule has 0 spiro atoms. The second kappa shape index (κ2) is 6.15. The summed E-state index contributed by atoms with van der Waals surface area (Å²) in [5, 5.41) is 3.23. The van der Waals surface area contributed by atoms with Crippen molar-refractivity contribution in [3.63, 3.8) is 0 Å². The van der Waals surface area contributed by atoms with Crippen LogP contribution in [0.25, 0.3) is 0 Å². The summed E-state index contributed by atoms with van der Waals surface area (Å²) in [6.07, 6.45) is 9.93. The number of rotatable bonds is 3. The number of carbonyl (C=O) groups is 2. The minimum Gasteiger partial charge on any atom is -0.353 e. The van der Waals surface area contributed by atoms with Crippen LogP contribution in [0.1, 0.15) is 57.8 Å². The van der Waals surface area contributed by atoms with Crippen molar-refractivity contribution < 1.29 is 9.59 Å². The molecular weight excluding hydrogens is 252 g/mol. The van der Waals surface area contributed by atoms with Gasteiger partial charge in [0.05, 0.1) is 0 Å². The van der Waals surface area contributed by atoms with Crippen molar-refractivity contribution in [2.75, 3.05) is 13.1 Å². The Hall–Kier alpha value is -1.06. The molecule has 3 fully saturated rings. The third-order valence-electron chi connectivity index (χ3n) is 5.06. The Balaban J connectivity index is 1.42. The first-order chi connectivity index (χ1) is 9.74. The van der Waals surface area contributed by atoms with E-state index in [0.717, 1.165) is 51.6 Å². The molecule has 0 radical (unpaired) electrons. The zero-order valence-electron chi connectivity index (χ0n) is 12.3. The summed E-state index contributed by atoms with van der Waals surface area (Å²) in [5.74, 6) is 0.995. The SMILES string of the molecule is O=C(NC1CCCCC1)C1CCN(C(=O)C2CC2)CC1. The predicted octanol–water partition coefficient (Wildman–Crippen LogP) is 2.08. The van der Waals surface area contributed by atoms with Crippen LogP contribution < -0.4 is 5.32 Å². The summed E-state index contributed by atoms with van der Waals surface area (Å²) in [7, 11) is 0. The van der Waals surface area contributed by atoms with Gasteiger partial charge in [-0.1, -0.05) is 19.3 Å². The number of likely N-dealkylation sites (tertiary alicyclic amines) is 1. The molecular formula is C16H26N2O2. The van der Waals surface area contributed by atoms with Gasteiger partial charge in [-0.2, -0.15) is 0 Å². The summed E-state index contributed by atoms with van der Waals surface area (Å²) < 4.78 is 0. The molecule has 4 heteroatoms. The molecule has 2 amide bonds. The molecule has 2 aliphatic carbocycles. The number of hydrogen-bond donors (Lipinski definition) is 1. The van der Waals surface area contributed by atoms with Crippen LogP contribution in [0.3, 0.4) is 0 Å². The highest BCUT2D eigenvalue weighted by Gasteiger charge is 2.36. The van der Waals surface area contributed by atoms with E-state index in [4.69, 9.17) is 0 Å². The van der Waals surface area contributed by atoms with Crippen molar-refractivity contribution in [1.82, 2.24) is 10.2 Å². The lowest BCUT2D eigenvalue weighted by molar-refractivity contribution is -0.136.